The molecule has 5 nitrogen and oxygen atoms in total. The summed E-state index contributed by atoms with van der Waals surface area (Å²) < 4.78 is 0. The molecule has 1 fully saturated rings. The van der Waals surface area contributed by atoms with Gasteiger partial charge in [0.1, 0.15) is 5.69 Å². The average molecular weight is 263 g/mol. The van der Waals surface area contributed by atoms with Gasteiger partial charge >= 0.3 is 0 Å². The lowest BCUT2D eigenvalue weighted by molar-refractivity contribution is -0.384. The highest BCUT2D eigenvalue weighted by atomic mass is 16.6. The molecule has 1 saturated carbocycles. The minimum absolute atomic E-state index is 0.122. The van der Waals surface area contributed by atoms with Crippen molar-refractivity contribution in [2.75, 3.05) is 11.9 Å². The topological polar surface area (TPSA) is 81.2 Å². The van der Waals surface area contributed by atoms with Crippen LogP contribution in [-0.2, 0) is 0 Å². The smallest absolute Gasteiger partial charge is 0.292 e. The summed E-state index contributed by atoms with van der Waals surface area (Å²) in [6.07, 6.45) is 6.09. The predicted octanol–water partition coefficient (Wildman–Crippen LogP) is 2.91. The second-order valence-corrected chi connectivity index (χ2v) is 5.16. The van der Waals surface area contributed by atoms with Crippen molar-refractivity contribution < 1.29 is 4.92 Å². The minimum atomic E-state index is -0.350. The number of para-hydroxylation sites is 2. The molecule has 3 N–H and O–H groups in total. The maximum absolute atomic E-state index is 11.0. The molecule has 1 aromatic carbocycles. The van der Waals surface area contributed by atoms with Gasteiger partial charge in [-0.3, -0.25) is 10.1 Å². The van der Waals surface area contributed by atoms with Crippen LogP contribution in [0.5, 0.6) is 0 Å². The highest BCUT2D eigenvalue weighted by molar-refractivity contribution is 5.61. The summed E-state index contributed by atoms with van der Waals surface area (Å²) in [6, 6.07) is 6.90. The van der Waals surface area contributed by atoms with Crippen molar-refractivity contribution >= 4 is 11.4 Å². The molecule has 0 aromatic heterocycles. The van der Waals surface area contributed by atoms with E-state index in [9.17, 15) is 10.1 Å². The molecule has 19 heavy (non-hydrogen) atoms. The van der Waals surface area contributed by atoms with Gasteiger partial charge in [-0.25, -0.2) is 0 Å². The van der Waals surface area contributed by atoms with Crippen LogP contribution in [0.25, 0.3) is 0 Å². The van der Waals surface area contributed by atoms with Crippen molar-refractivity contribution in [3.05, 3.63) is 34.4 Å². The Kier molecular flexibility index (Phi) is 4.74. The maximum Gasteiger partial charge on any atom is 0.292 e. The molecule has 0 heterocycles. The second-order valence-electron chi connectivity index (χ2n) is 5.16. The fraction of sp³-hybridized carbons (Fsp3) is 0.571. The van der Waals surface area contributed by atoms with Gasteiger partial charge in [0.2, 0.25) is 0 Å². The monoisotopic (exact) mass is 263 g/mol. The summed E-state index contributed by atoms with van der Waals surface area (Å²) in [4.78, 5) is 10.7. The first-order valence-electron chi connectivity index (χ1n) is 6.92. The van der Waals surface area contributed by atoms with Gasteiger partial charge in [-0.05, 0) is 24.8 Å². The van der Waals surface area contributed by atoms with Gasteiger partial charge in [-0.2, -0.15) is 0 Å². The Labute approximate surface area is 113 Å². The van der Waals surface area contributed by atoms with Crippen LogP contribution in [0, 0.1) is 16.0 Å². The van der Waals surface area contributed by atoms with Crippen molar-refractivity contribution in [3.8, 4) is 0 Å². The SMILES string of the molecule is NCC(Nc1ccccc1[N+](=O)[O-])C1CCCCC1. The normalized spacial score (nSPS) is 17.9. The Morgan fingerprint density at radius 3 is 2.63 bits per heavy atom. The van der Waals surface area contributed by atoms with Crippen LogP contribution >= 0.6 is 0 Å². The summed E-state index contributed by atoms with van der Waals surface area (Å²) in [7, 11) is 0. The van der Waals surface area contributed by atoms with E-state index in [-0.39, 0.29) is 16.7 Å². The van der Waals surface area contributed by atoms with Gasteiger partial charge in [-0.1, -0.05) is 31.4 Å². The number of nitrogens with zero attached hydrogens (tertiary/aromatic N) is 1. The molecule has 2 rings (SSSR count). The molecular formula is C14H21N3O2. The van der Waals surface area contributed by atoms with Gasteiger partial charge in [0.15, 0.2) is 0 Å². The van der Waals surface area contributed by atoms with Crippen molar-refractivity contribution in [2.45, 2.75) is 38.1 Å². The molecule has 0 bridgehead atoms. The fourth-order valence-electron chi connectivity index (χ4n) is 2.86. The van der Waals surface area contributed by atoms with Crippen LogP contribution in [-0.4, -0.2) is 17.5 Å². The molecule has 1 aliphatic carbocycles. The quantitative estimate of drug-likeness (QED) is 0.632. The summed E-state index contributed by atoms with van der Waals surface area (Å²) in [5, 5.41) is 14.3. The number of hydrogen-bond donors (Lipinski definition) is 2. The number of nitrogens with one attached hydrogen (secondary N) is 1. The Hall–Kier alpha value is -1.62. The lowest BCUT2D eigenvalue weighted by Gasteiger charge is -2.30. The van der Waals surface area contributed by atoms with Crippen molar-refractivity contribution in [2.24, 2.45) is 11.7 Å². The highest BCUT2D eigenvalue weighted by Crippen LogP contribution is 2.30. The molecule has 1 aliphatic rings. The van der Waals surface area contributed by atoms with Gasteiger partial charge in [0.05, 0.1) is 4.92 Å². The van der Waals surface area contributed by atoms with Crippen molar-refractivity contribution in [1.29, 1.82) is 0 Å². The first-order valence-corrected chi connectivity index (χ1v) is 6.92. The van der Waals surface area contributed by atoms with Crippen LogP contribution in [0.2, 0.25) is 0 Å². The van der Waals surface area contributed by atoms with Crippen LogP contribution in [0.1, 0.15) is 32.1 Å². The third-order valence-electron chi connectivity index (χ3n) is 3.91. The number of nitro groups is 1. The van der Waals surface area contributed by atoms with Crippen LogP contribution in [0.15, 0.2) is 24.3 Å². The van der Waals surface area contributed by atoms with E-state index in [0.29, 0.717) is 18.2 Å². The summed E-state index contributed by atoms with van der Waals surface area (Å²) >= 11 is 0. The highest BCUT2D eigenvalue weighted by Gasteiger charge is 2.24. The molecule has 0 radical (unpaired) electrons. The van der Waals surface area contributed by atoms with Crippen LogP contribution in [0.3, 0.4) is 0 Å². The minimum Gasteiger partial charge on any atom is -0.375 e. The number of rotatable bonds is 5. The van der Waals surface area contributed by atoms with E-state index in [0.717, 1.165) is 12.8 Å². The molecule has 104 valence electrons. The van der Waals surface area contributed by atoms with Crippen LogP contribution < -0.4 is 11.1 Å². The zero-order chi connectivity index (χ0) is 13.7. The van der Waals surface area contributed by atoms with Gasteiger partial charge in [0, 0.05) is 18.7 Å². The molecule has 0 spiro atoms. The third kappa shape index (κ3) is 3.44. The lowest BCUT2D eigenvalue weighted by Crippen LogP contribution is -2.37. The Bertz CT molecular complexity index is 430. The van der Waals surface area contributed by atoms with Crippen LogP contribution in [0.4, 0.5) is 11.4 Å². The zero-order valence-electron chi connectivity index (χ0n) is 11.0. The van der Waals surface area contributed by atoms with E-state index >= 15 is 0 Å². The first kappa shape index (κ1) is 13.8. The summed E-state index contributed by atoms with van der Waals surface area (Å²) in [6.45, 7) is 0.511. The largest absolute Gasteiger partial charge is 0.375 e. The zero-order valence-corrected chi connectivity index (χ0v) is 11.0. The van der Waals surface area contributed by atoms with Crippen molar-refractivity contribution in [1.82, 2.24) is 0 Å². The molecule has 0 aliphatic heterocycles. The predicted molar refractivity (Wildman–Crippen MR) is 76.1 cm³/mol. The van der Waals surface area contributed by atoms with E-state index < -0.39 is 0 Å². The number of nitro benzene ring substituents is 1. The maximum atomic E-state index is 11.0. The molecule has 5 heteroatoms. The molecule has 0 amide bonds. The van der Waals surface area contributed by atoms with E-state index in [4.69, 9.17) is 5.73 Å². The van der Waals surface area contributed by atoms with Gasteiger partial charge < -0.3 is 11.1 Å². The molecule has 1 aromatic rings. The Balaban J connectivity index is 2.11. The van der Waals surface area contributed by atoms with E-state index in [1.165, 1.54) is 25.3 Å². The number of nitrogens with two attached hydrogens (primary N) is 1. The lowest BCUT2D eigenvalue weighted by atomic mass is 9.84. The Morgan fingerprint density at radius 2 is 2.00 bits per heavy atom. The third-order valence-corrected chi connectivity index (χ3v) is 3.91. The first-order chi connectivity index (χ1) is 9.22. The molecule has 1 unspecified atom stereocenters. The fourth-order valence-corrected chi connectivity index (χ4v) is 2.86. The number of hydrogen-bond acceptors (Lipinski definition) is 4. The summed E-state index contributed by atoms with van der Waals surface area (Å²) in [5.74, 6) is 0.526. The van der Waals surface area contributed by atoms with E-state index in [1.807, 2.05) is 6.07 Å². The standard InChI is InChI=1S/C14H21N3O2/c15-10-13(11-6-2-1-3-7-11)16-12-8-4-5-9-14(12)17(18)19/h4-5,8-9,11,13,16H,1-3,6-7,10,15H2. The molecule has 0 saturated heterocycles. The van der Waals surface area contributed by atoms with Gasteiger partial charge in [-0.15, -0.1) is 0 Å². The number of benzene rings is 1. The molecule has 1 atom stereocenters. The second kappa shape index (κ2) is 6.52. The van der Waals surface area contributed by atoms with E-state index in [2.05, 4.69) is 5.32 Å². The average Bonchev–Trinajstić information content (AvgIpc) is 2.46. The molecular weight excluding hydrogens is 242 g/mol. The van der Waals surface area contributed by atoms with E-state index in [1.54, 1.807) is 12.1 Å². The van der Waals surface area contributed by atoms with Gasteiger partial charge in [0.25, 0.3) is 5.69 Å². The number of anilines is 1. The summed E-state index contributed by atoms with van der Waals surface area (Å²) in [5.41, 5.74) is 6.54. The Morgan fingerprint density at radius 1 is 1.32 bits per heavy atom. The van der Waals surface area contributed by atoms with Crippen molar-refractivity contribution in [3.63, 3.8) is 0 Å².